The molecule has 1 saturated heterocycles. The number of benzene rings is 1. The van der Waals surface area contributed by atoms with Crippen LogP contribution < -0.4 is 20.9 Å². The number of hydrogen-bond acceptors (Lipinski definition) is 11. The van der Waals surface area contributed by atoms with Gasteiger partial charge in [0.2, 0.25) is 0 Å². The van der Waals surface area contributed by atoms with Crippen LogP contribution in [0.25, 0.3) is 10.1 Å². The van der Waals surface area contributed by atoms with E-state index in [1.165, 1.54) is 42.2 Å². The number of hydrogen-bond donors (Lipinski definition) is 4. The number of carbonyl (C=O) groups excluding carboxylic acids is 1. The van der Waals surface area contributed by atoms with Gasteiger partial charge in [0.05, 0.1) is 13.2 Å². The highest BCUT2D eigenvalue weighted by Crippen LogP contribution is 2.55. The molecule has 0 saturated carbocycles. The summed E-state index contributed by atoms with van der Waals surface area (Å²) in [5.74, 6) is -0.846. The number of rotatable bonds is 9. The Morgan fingerprint density at radius 1 is 1.33 bits per heavy atom. The smallest absolute Gasteiger partial charge is 0.468 e. The van der Waals surface area contributed by atoms with Crippen molar-refractivity contribution in [3.05, 3.63) is 62.7 Å². The number of nitrogens with one attached hydrogen (secondary N) is 2. The number of aliphatic hydroxyl groups excluding tert-OH is 1. The average Bonchev–Trinajstić information content (AvgIpc) is 3.43. The summed E-state index contributed by atoms with van der Waals surface area (Å²) in [6, 6.07) is 7.36. The number of H-pyrrole nitrogens is 1. The zero-order valence-electron chi connectivity index (χ0n) is 19.7. The number of nitrogens with zero attached hydrogens (tertiary/aromatic N) is 1. The van der Waals surface area contributed by atoms with Crippen molar-refractivity contribution < 1.29 is 33.3 Å². The molecule has 3 aromatic rings. The quantitative estimate of drug-likeness (QED) is 0.232. The lowest BCUT2D eigenvalue weighted by Crippen LogP contribution is -2.38. The molecule has 3 heterocycles. The zero-order valence-corrected chi connectivity index (χ0v) is 21.4. The maximum atomic E-state index is 12.2. The summed E-state index contributed by atoms with van der Waals surface area (Å²) in [4.78, 5) is 49.1. The summed E-state index contributed by atoms with van der Waals surface area (Å²) < 4.78 is 24.4. The van der Waals surface area contributed by atoms with E-state index in [2.05, 4.69) is 10.1 Å². The summed E-state index contributed by atoms with van der Waals surface area (Å²) in [7, 11) is -2.74. The molecular formula is C22H27N3O9PS+. The fourth-order valence-electron chi connectivity index (χ4n) is 3.89. The Hall–Kier alpha value is -2.64. The van der Waals surface area contributed by atoms with E-state index in [9.17, 15) is 24.4 Å². The predicted octanol–water partition coefficient (Wildman–Crippen LogP) is 1.56. The number of methoxy groups -OCH3 is 1. The van der Waals surface area contributed by atoms with Crippen molar-refractivity contribution in [1.29, 1.82) is 0 Å². The minimum absolute atomic E-state index is 0.328. The first-order chi connectivity index (χ1) is 17.1. The van der Waals surface area contributed by atoms with E-state index in [0.717, 1.165) is 10.1 Å². The molecule has 6 atom stereocenters. The van der Waals surface area contributed by atoms with Crippen molar-refractivity contribution in [2.45, 2.75) is 38.3 Å². The highest BCUT2D eigenvalue weighted by molar-refractivity contribution is 7.59. The fraction of sp³-hybridized carbons (Fsp3) is 0.409. The van der Waals surface area contributed by atoms with Crippen LogP contribution in [0.5, 0.6) is 5.75 Å². The molecule has 0 spiro atoms. The van der Waals surface area contributed by atoms with Crippen LogP contribution in [-0.4, -0.2) is 57.5 Å². The molecule has 14 heteroatoms. The maximum Gasteiger partial charge on any atom is 0.544 e. The van der Waals surface area contributed by atoms with E-state index in [-0.39, 0.29) is 6.61 Å². The maximum absolute atomic E-state index is 12.2. The lowest BCUT2D eigenvalue weighted by molar-refractivity contribution is -0.142. The third-order valence-corrected chi connectivity index (χ3v) is 8.35. The molecule has 2 aromatic heterocycles. The van der Waals surface area contributed by atoms with Crippen LogP contribution in [0.15, 0.2) is 51.5 Å². The van der Waals surface area contributed by atoms with E-state index < -0.39 is 55.7 Å². The van der Waals surface area contributed by atoms with Crippen LogP contribution in [0.1, 0.15) is 20.1 Å². The second kappa shape index (κ2) is 10.8. The van der Waals surface area contributed by atoms with E-state index in [1.54, 1.807) is 19.1 Å². The number of esters is 1. The summed E-state index contributed by atoms with van der Waals surface area (Å²) in [6.45, 7) is 2.83. The topological polar surface area (TPSA) is 161 Å². The zero-order chi connectivity index (χ0) is 26.0. The number of aliphatic hydroxyl groups is 1. The predicted molar refractivity (Wildman–Crippen MR) is 133 cm³/mol. The van der Waals surface area contributed by atoms with Crippen molar-refractivity contribution in [3.63, 3.8) is 0 Å². The summed E-state index contributed by atoms with van der Waals surface area (Å²) in [6.07, 6.45) is -1.62. The fourth-order valence-corrected chi connectivity index (χ4v) is 6.25. The third kappa shape index (κ3) is 5.52. The highest BCUT2D eigenvalue weighted by Gasteiger charge is 2.50. The number of fused-ring (bicyclic) bond motifs is 1. The lowest BCUT2D eigenvalue weighted by atomic mass is 10.0. The molecule has 0 aliphatic carbocycles. The van der Waals surface area contributed by atoms with Gasteiger partial charge in [0.25, 0.3) is 5.56 Å². The molecule has 1 unspecified atom stereocenters. The van der Waals surface area contributed by atoms with Crippen molar-refractivity contribution in [3.8, 4) is 5.75 Å². The van der Waals surface area contributed by atoms with Gasteiger partial charge in [-0.3, -0.25) is 23.7 Å². The van der Waals surface area contributed by atoms with Gasteiger partial charge in [0.15, 0.2) is 5.75 Å². The Bertz CT molecular complexity index is 1340. The first-order valence-electron chi connectivity index (χ1n) is 11.0. The van der Waals surface area contributed by atoms with E-state index in [4.69, 9.17) is 18.5 Å². The van der Waals surface area contributed by atoms with Gasteiger partial charge in [-0.25, -0.2) is 4.79 Å². The van der Waals surface area contributed by atoms with Gasteiger partial charge in [0.1, 0.15) is 25.0 Å². The summed E-state index contributed by atoms with van der Waals surface area (Å²) >= 11 is 1.50. The molecule has 4 rings (SSSR count). The van der Waals surface area contributed by atoms with E-state index >= 15 is 0 Å². The lowest BCUT2D eigenvalue weighted by Gasteiger charge is -2.22. The molecule has 1 aliphatic rings. The van der Waals surface area contributed by atoms with E-state index in [0.29, 0.717) is 5.75 Å². The number of carbonyl (C=O) groups is 1. The van der Waals surface area contributed by atoms with Gasteiger partial charge in [0, 0.05) is 28.3 Å². The van der Waals surface area contributed by atoms with Gasteiger partial charge in [-0.15, -0.1) is 11.3 Å². The second-order valence-electron chi connectivity index (χ2n) is 8.30. The molecule has 0 radical (unpaired) electrons. The number of ether oxygens (including phenoxy) is 2. The second-order valence-corrected chi connectivity index (χ2v) is 11.0. The van der Waals surface area contributed by atoms with Gasteiger partial charge in [-0.05, 0) is 30.5 Å². The standard InChI is InChI=1S/C22H26N3O9PS/c1-12-19(27)16(33-20(12)25-9-7-18(26)23-22(25)29)11-32-35(30,24-13(2)21(28)31-3)34-15-5-4-6-17-14(15)8-10-36-17/h4-10,12-13,16,19-20,24,27,30H,11H2,1-3H3/p+1/t12-,13-,16+,19-,20+,35?/m0/s1. The van der Waals surface area contributed by atoms with Crippen molar-refractivity contribution in [2.75, 3.05) is 13.7 Å². The van der Waals surface area contributed by atoms with Gasteiger partial charge < -0.3 is 14.6 Å². The van der Waals surface area contributed by atoms with Crippen LogP contribution >= 0.6 is 19.4 Å². The van der Waals surface area contributed by atoms with Crippen LogP contribution in [-0.2, 0) is 18.8 Å². The normalized spacial score (nSPS) is 24.4. The average molecular weight is 541 g/mol. The Labute approximate surface area is 210 Å². The molecule has 1 aliphatic heterocycles. The van der Waals surface area contributed by atoms with Crippen LogP contribution in [0.2, 0.25) is 0 Å². The van der Waals surface area contributed by atoms with Gasteiger partial charge >= 0.3 is 19.8 Å². The van der Waals surface area contributed by atoms with Crippen LogP contribution in [0, 0.1) is 5.92 Å². The number of thiophene rings is 1. The molecule has 1 aromatic carbocycles. The Kier molecular flexibility index (Phi) is 7.90. The molecular weight excluding hydrogens is 513 g/mol. The number of aromatic amines is 1. The third-order valence-electron chi connectivity index (χ3n) is 5.81. The largest absolute Gasteiger partial charge is 0.544 e. The minimum Gasteiger partial charge on any atom is -0.468 e. The number of aromatic nitrogens is 2. The molecule has 1 fully saturated rings. The molecule has 194 valence electrons. The van der Waals surface area contributed by atoms with Crippen molar-refractivity contribution >= 4 is 35.5 Å². The van der Waals surface area contributed by atoms with Gasteiger partial charge in [-0.2, -0.15) is 9.42 Å². The van der Waals surface area contributed by atoms with Crippen LogP contribution in [0.4, 0.5) is 0 Å². The molecule has 12 nitrogen and oxygen atoms in total. The van der Waals surface area contributed by atoms with Crippen LogP contribution in [0.3, 0.4) is 0 Å². The van der Waals surface area contributed by atoms with E-state index in [1.807, 2.05) is 17.5 Å². The Morgan fingerprint density at radius 2 is 2.11 bits per heavy atom. The minimum atomic E-state index is -3.95. The first kappa shape index (κ1) is 26.4. The molecule has 4 N–H and O–H groups in total. The summed E-state index contributed by atoms with van der Waals surface area (Å²) in [5.41, 5.74) is -1.24. The van der Waals surface area contributed by atoms with Gasteiger partial charge in [-0.1, -0.05) is 18.1 Å². The molecule has 36 heavy (non-hydrogen) atoms. The first-order valence-corrected chi connectivity index (χ1v) is 13.5. The SMILES string of the molecule is COC(=O)[C@H](C)N[P+](O)(OC[C@H]1O[C@@H](n2ccc(=O)[nH]c2=O)[C@@H](C)[C@@H]1O)Oc1cccc2sccc12. The summed E-state index contributed by atoms with van der Waals surface area (Å²) in [5, 5.41) is 16.1. The molecule has 0 amide bonds. The Morgan fingerprint density at radius 3 is 2.83 bits per heavy atom. The van der Waals surface area contributed by atoms with Crippen molar-refractivity contribution in [2.24, 2.45) is 5.92 Å². The monoisotopic (exact) mass is 540 g/mol. The van der Waals surface area contributed by atoms with Crippen molar-refractivity contribution in [1.82, 2.24) is 14.6 Å². The Balaban J connectivity index is 1.54. The molecule has 0 bridgehead atoms. The highest BCUT2D eigenvalue weighted by atomic mass is 32.1.